The molecule has 5 nitrogen and oxygen atoms in total. The van der Waals surface area contributed by atoms with E-state index in [9.17, 15) is 13.2 Å². The van der Waals surface area contributed by atoms with E-state index in [0.29, 0.717) is 36.7 Å². The maximum Gasteiger partial charge on any atom is 0.252 e. The minimum Gasteiger partial charge on any atom is -0.354 e. The number of hydrogen-bond donors (Lipinski definition) is 1. The number of halogens is 1. The van der Waals surface area contributed by atoms with Gasteiger partial charge in [-0.15, -0.1) is 11.3 Å². The first-order valence-corrected chi connectivity index (χ1v) is 12.6. The molecular weight excluding hydrogens is 428 g/mol. The lowest BCUT2D eigenvalue weighted by molar-refractivity contribution is -0.122. The van der Waals surface area contributed by atoms with E-state index in [0.717, 1.165) is 24.2 Å². The fourth-order valence-corrected chi connectivity index (χ4v) is 6.72. The standard InChI is InChI=1S/C21H27ClN2O3S2/c1-16(7-8-17-5-3-2-4-6-17)23-20(25)15-18-11-13-24(14-12-18)29(26,27)21-10-9-19(22)28-21/h2-6,9-10,16,18H,7-8,11-15H2,1H3,(H,23,25). The van der Waals surface area contributed by atoms with Gasteiger partial charge in [0.25, 0.3) is 10.0 Å². The summed E-state index contributed by atoms with van der Waals surface area (Å²) in [7, 11) is -3.48. The largest absolute Gasteiger partial charge is 0.354 e. The Bertz CT molecular complexity index is 907. The number of nitrogens with zero attached hydrogens (tertiary/aromatic N) is 1. The second kappa shape index (κ2) is 10.1. The van der Waals surface area contributed by atoms with Crippen LogP contribution in [0.25, 0.3) is 0 Å². The molecule has 3 rings (SSSR count). The molecule has 158 valence electrons. The minimum absolute atomic E-state index is 0.0527. The van der Waals surface area contributed by atoms with Gasteiger partial charge in [0.05, 0.1) is 4.34 Å². The molecule has 0 saturated carbocycles. The lowest BCUT2D eigenvalue weighted by atomic mass is 9.94. The van der Waals surface area contributed by atoms with Crippen LogP contribution in [0.1, 0.15) is 38.2 Å². The Morgan fingerprint density at radius 2 is 1.90 bits per heavy atom. The number of aryl methyl sites for hydroxylation is 1. The zero-order valence-corrected chi connectivity index (χ0v) is 18.9. The van der Waals surface area contributed by atoms with Crippen molar-refractivity contribution in [2.75, 3.05) is 13.1 Å². The molecule has 1 N–H and O–H groups in total. The molecule has 1 atom stereocenters. The summed E-state index contributed by atoms with van der Waals surface area (Å²) in [6.45, 7) is 2.92. The van der Waals surface area contributed by atoms with Crippen molar-refractivity contribution in [1.82, 2.24) is 9.62 Å². The Morgan fingerprint density at radius 3 is 2.52 bits per heavy atom. The number of benzene rings is 1. The molecule has 1 fully saturated rings. The first-order chi connectivity index (χ1) is 13.8. The third-order valence-corrected chi connectivity index (χ3v) is 8.90. The van der Waals surface area contributed by atoms with E-state index in [2.05, 4.69) is 17.4 Å². The van der Waals surface area contributed by atoms with Gasteiger partial charge in [0.1, 0.15) is 4.21 Å². The van der Waals surface area contributed by atoms with Crippen molar-refractivity contribution in [3.8, 4) is 0 Å². The van der Waals surface area contributed by atoms with Crippen molar-refractivity contribution < 1.29 is 13.2 Å². The van der Waals surface area contributed by atoms with Gasteiger partial charge in [-0.2, -0.15) is 4.31 Å². The monoisotopic (exact) mass is 454 g/mol. The number of sulfonamides is 1. The van der Waals surface area contributed by atoms with Gasteiger partial charge in [-0.3, -0.25) is 4.79 Å². The molecule has 1 unspecified atom stereocenters. The predicted molar refractivity (Wildman–Crippen MR) is 118 cm³/mol. The molecule has 1 aliphatic rings. The summed E-state index contributed by atoms with van der Waals surface area (Å²) in [6.07, 6.45) is 3.68. The number of piperidine rings is 1. The molecule has 1 amide bonds. The maximum atomic E-state index is 12.7. The molecule has 1 aliphatic heterocycles. The molecule has 0 aliphatic carbocycles. The third kappa shape index (κ3) is 6.28. The Kier molecular flexibility index (Phi) is 7.73. The van der Waals surface area contributed by atoms with E-state index in [4.69, 9.17) is 11.6 Å². The number of carbonyl (C=O) groups excluding carboxylic acids is 1. The van der Waals surface area contributed by atoms with Crippen LogP contribution in [0.15, 0.2) is 46.7 Å². The van der Waals surface area contributed by atoms with Crippen LogP contribution < -0.4 is 5.32 Å². The fraction of sp³-hybridized carbons (Fsp3) is 0.476. The zero-order valence-electron chi connectivity index (χ0n) is 16.5. The molecule has 1 aromatic heterocycles. The van der Waals surface area contributed by atoms with Gasteiger partial charge in [0.15, 0.2) is 0 Å². The van der Waals surface area contributed by atoms with Crippen LogP contribution in [0.5, 0.6) is 0 Å². The van der Waals surface area contributed by atoms with Crippen LogP contribution in [-0.2, 0) is 21.2 Å². The number of carbonyl (C=O) groups is 1. The highest BCUT2D eigenvalue weighted by Gasteiger charge is 2.31. The van der Waals surface area contributed by atoms with Crippen molar-refractivity contribution in [3.63, 3.8) is 0 Å². The van der Waals surface area contributed by atoms with Crippen molar-refractivity contribution in [1.29, 1.82) is 0 Å². The van der Waals surface area contributed by atoms with Gasteiger partial charge in [-0.05, 0) is 56.2 Å². The minimum atomic E-state index is -3.48. The van der Waals surface area contributed by atoms with Crippen LogP contribution in [0, 0.1) is 5.92 Å². The van der Waals surface area contributed by atoms with E-state index in [-0.39, 0.29) is 22.1 Å². The SMILES string of the molecule is CC(CCc1ccccc1)NC(=O)CC1CCN(S(=O)(=O)c2ccc(Cl)s2)CC1. The Labute approximate surface area is 182 Å². The predicted octanol–water partition coefficient (Wildman–Crippen LogP) is 4.33. The second-order valence-corrected chi connectivity index (χ2v) is 11.5. The molecule has 2 heterocycles. The molecule has 0 bridgehead atoms. The fourth-order valence-electron chi connectivity index (χ4n) is 3.61. The Morgan fingerprint density at radius 1 is 1.21 bits per heavy atom. The molecule has 0 radical (unpaired) electrons. The van der Waals surface area contributed by atoms with Crippen LogP contribution in [0.3, 0.4) is 0 Å². The first kappa shape index (κ1) is 22.3. The van der Waals surface area contributed by atoms with E-state index in [1.807, 2.05) is 25.1 Å². The number of hydrogen-bond acceptors (Lipinski definition) is 4. The molecule has 8 heteroatoms. The molecule has 1 aromatic carbocycles. The van der Waals surface area contributed by atoms with Gasteiger partial charge >= 0.3 is 0 Å². The summed E-state index contributed by atoms with van der Waals surface area (Å²) in [5, 5.41) is 3.08. The summed E-state index contributed by atoms with van der Waals surface area (Å²) in [4.78, 5) is 12.4. The third-order valence-electron chi connectivity index (χ3n) is 5.31. The van der Waals surface area contributed by atoms with Crippen molar-refractivity contribution in [2.24, 2.45) is 5.92 Å². The number of nitrogens with one attached hydrogen (secondary N) is 1. The van der Waals surface area contributed by atoms with Crippen molar-refractivity contribution >= 4 is 38.9 Å². The van der Waals surface area contributed by atoms with Crippen LogP contribution in [-0.4, -0.2) is 37.8 Å². The van der Waals surface area contributed by atoms with Crippen LogP contribution >= 0.6 is 22.9 Å². The lowest BCUT2D eigenvalue weighted by Crippen LogP contribution is -2.40. The maximum absolute atomic E-state index is 12.7. The molecular formula is C21H27ClN2O3S2. The van der Waals surface area contributed by atoms with Gasteiger partial charge in [-0.25, -0.2) is 8.42 Å². The second-order valence-electron chi connectivity index (χ2n) is 7.60. The average Bonchev–Trinajstić information content (AvgIpc) is 3.15. The zero-order chi connectivity index (χ0) is 20.9. The van der Waals surface area contributed by atoms with E-state index in [1.54, 1.807) is 12.1 Å². The molecule has 1 saturated heterocycles. The molecule has 2 aromatic rings. The summed E-state index contributed by atoms with van der Waals surface area (Å²) in [5.41, 5.74) is 1.27. The highest BCUT2D eigenvalue weighted by Crippen LogP contribution is 2.31. The van der Waals surface area contributed by atoms with Gasteiger partial charge in [0, 0.05) is 25.6 Å². The number of amides is 1. The molecule has 29 heavy (non-hydrogen) atoms. The quantitative estimate of drug-likeness (QED) is 0.645. The smallest absolute Gasteiger partial charge is 0.252 e. The highest BCUT2D eigenvalue weighted by atomic mass is 35.5. The first-order valence-electron chi connectivity index (χ1n) is 9.93. The summed E-state index contributed by atoms with van der Waals surface area (Å²) < 4.78 is 27.6. The molecule has 0 spiro atoms. The van der Waals surface area contributed by atoms with E-state index < -0.39 is 10.0 Å². The van der Waals surface area contributed by atoms with Crippen LogP contribution in [0.2, 0.25) is 4.34 Å². The Balaban J connectivity index is 1.41. The van der Waals surface area contributed by atoms with E-state index in [1.165, 1.54) is 9.87 Å². The van der Waals surface area contributed by atoms with Gasteiger partial charge < -0.3 is 5.32 Å². The van der Waals surface area contributed by atoms with Crippen molar-refractivity contribution in [2.45, 2.75) is 49.3 Å². The van der Waals surface area contributed by atoms with Gasteiger partial charge in [0.2, 0.25) is 5.91 Å². The number of thiophene rings is 1. The van der Waals surface area contributed by atoms with Crippen molar-refractivity contribution in [3.05, 3.63) is 52.4 Å². The van der Waals surface area contributed by atoms with E-state index >= 15 is 0 Å². The lowest BCUT2D eigenvalue weighted by Gasteiger charge is -2.30. The van der Waals surface area contributed by atoms with Gasteiger partial charge in [-0.1, -0.05) is 41.9 Å². The van der Waals surface area contributed by atoms with Crippen LogP contribution in [0.4, 0.5) is 0 Å². The summed E-state index contributed by atoms with van der Waals surface area (Å²) >= 11 is 6.96. The summed E-state index contributed by atoms with van der Waals surface area (Å²) in [5.74, 6) is 0.270. The Hall–Kier alpha value is -1.41. The number of rotatable bonds is 8. The average molecular weight is 455 g/mol. The normalized spacial score (nSPS) is 17.2. The topological polar surface area (TPSA) is 66.5 Å². The highest BCUT2D eigenvalue weighted by molar-refractivity contribution is 7.91. The summed E-state index contributed by atoms with van der Waals surface area (Å²) in [6, 6.07) is 13.5.